The van der Waals surface area contributed by atoms with Crippen molar-refractivity contribution in [3.8, 4) is 0 Å². The Morgan fingerprint density at radius 2 is 1.85 bits per heavy atom. The molecule has 0 saturated heterocycles. The second-order valence-electron chi connectivity index (χ2n) is 11.3. The van der Waals surface area contributed by atoms with Gasteiger partial charge in [-0.1, -0.05) is 19.8 Å². The van der Waals surface area contributed by atoms with E-state index in [1.54, 1.807) is 0 Å². The number of hydrogen-bond donors (Lipinski definition) is 4. The summed E-state index contributed by atoms with van der Waals surface area (Å²) in [4.78, 5) is 0. The van der Waals surface area contributed by atoms with Gasteiger partial charge in [-0.25, -0.2) is 0 Å². The van der Waals surface area contributed by atoms with Crippen molar-refractivity contribution < 1.29 is 10.2 Å². The van der Waals surface area contributed by atoms with Crippen molar-refractivity contribution in [1.82, 2.24) is 10.6 Å². The lowest BCUT2D eigenvalue weighted by Crippen LogP contribution is -2.73. The predicted molar refractivity (Wildman–Crippen MR) is 107 cm³/mol. The summed E-state index contributed by atoms with van der Waals surface area (Å²) in [7, 11) is 2.02. The van der Waals surface area contributed by atoms with E-state index in [0.29, 0.717) is 17.9 Å². The van der Waals surface area contributed by atoms with Gasteiger partial charge in [-0.3, -0.25) is 0 Å². The summed E-state index contributed by atoms with van der Waals surface area (Å²) in [6.07, 6.45) is 12.3. The van der Waals surface area contributed by atoms with Gasteiger partial charge < -0.3 is 20.8 Å². The lowest BCUT2D eigenvalue weighted by atomic mass is 9.32. The van der Waals surface area contributed by atoms with Crippen LogP contribution >= 0.6 is 0 Å². The Hall–Kier alpha value is -0.160. The molecule has 8 unspecified atom stereocenters. The van der Waals surface area contributed by atoms with Crippen LogP contribution in [0.4, 0.5) is 0 Å². The molecule has 27 heavy (non-hydrogen) atoms. The summed E-state index contributed by atoms with van der Waals surface area (Å²) in [6, 6.07) is 0.604. The Morgan fingerprint density at radius 1 is 1.00 bits per heavy atom. The van der Waals surface area contributed by atoms with E-state index in [0.717, 1.165) is 45.2 Å². The third kappa shape index (κ3) is 2.36. The Kier molecular flexibility index (Phi) is 4.30. The van der Waals surface area contributed by atoms with E-state index in [2.05, 4.69) is 17.6 Å². The standard InChI is InChI=1S/C23H40N2O2/c1-20-7-4-9-22(27,15-20)18-13-21-8-3-5-16(21)17(25-12-11-24-2)6-10-23(18,21)19(26)14-20/h16-19,24-27H,3-15H2,1-2H3. The van der Waals surface area contributed by atoms with Gasteiger partial charge in [-0.15, -0.1) is 0 Å². The van der Waals surface area contributed by atoms with Gasteiger partial charge in [0.05, 0.1) is 11.7 Å². The van der Waals surface area contributed by atoms with Crippen molar-refractivity contribution in [2.24, 2.45) is 28.1 Å². The molecule has 5 aliphatic carbocycles. The zero-order valence-electron chi connectivity index (χ0n) is 17.4. The van der Waals surface area contributed by atoms with Crippen LogP contribution in [0.15, 0.2) is 0 Å². The molecule has 5 fully saturated rings. The van der Waals surface area contributed by atoms with Gasteiger partial charge in [-0.2, -0.15) is 0 Å². The molecule has 2 bridgehead atoms. The monoisotopic (exact) mass is 376 g/mol. The van der Waals surface area contributed by atoms with Crippen LogP contribution in [-0.4, -0.2) is 48.1 Å². The van der Waals surface area contributed by atoms with Crippen LogP contribution in [0.25, 0.3) is 0 Å². The maximum atomic E-state index is 11.8. The zero-order chi connectivity index (χ0) is 18.9. The average Bonchev–Trinajstić information content (AvgIpc) is 3.03. The van der Waals surface area contributed by atoms with Crippen molar-refractivity contribution in [2.75, 3.05) is 20.1 Å². The van der Waals surface area contributed by atoms with Crippen LogP contribution in [0.5, 0.6) is 0 Å². The van der Waals surface area contributed by atoms with Gasteiger partial charge in [-0.05, 0) is 87.5 Å². The number of rotatable bonds is 4. The van der Waals surface area contributed by atoms with Crippen LogP contribution in [0.3, 0.4) is 0 Å². The predicted octanol–water partition coefficient (Wildman–Crippen LogP) is 2.83. The SMILES string of the molecule is CNCCNC1CCC23C(O)CC4(C)CCCC(O)(C4)C2CC32CCCC12. The fourth-order valence-electron chi connectivity index (χ4n) is 9.37. The van der Waals surface area contributed by atoms with Crippen molar-refractivity contribution >= 4 is 0 Å². The van der Waals surface area contributed by atoms with E-state index in [4.69, 9.17) is 0 Å². The summed E-state index contributed by atoms with van der Waals surface area (Å²) >= 11 is 0. The molecule has 8 atom stereocenters. The van der Waals surface area contributed by atoms with Gasteiger partial charge in [0.25, 0.3) is 0 Å². The first-order valence-corrected chi connectivity index (χ1v) is 11.7. The molecule has 5 rings (SSSR count). The van der Waals surface area contributed by atoms with Gasteiger partial charge in [0.2, 0.25) is 0 Å². The third-order valence-corrected chi connectivity index (χ3v) is 10.2. The van der Waals surface area contributed by atoms with Crippen LogP contribution in [0.1, 0.15) is 77.6 Å². The topological polar surface area (TPSA) is 64.5 Å². The normalized spacial score (nSPS) is 56.4. The number of aliphatic hydroxyl groups excluding tert-OH is 1. The van der Waals surface area contributed by atoms with Gasteiger partial charge in [0.1, 0.15) is 0 Å². The molecule has 0 aromatic heterocycles. The number of fused-ring (bicyclic) bond motifs is 3. The molecule has 154 valence electrons. The molecule has 4 heteroatoms. The van der Waals surface area contributed by atoms with E-state index in [9.17, 15) is 10.2 Å². The molecule has 0 aliphatic heterocycles. The van der Waals surface area contributed by atoms with Crippen molar-refractivity contribution in [2.45, 2.75) is 95.3 Å². The number of nitrogens with one attached hydrogen (secondary N) is 2. The number of hydrogen-bond acceptors (Lipinski definition) is 4. The molecule has 5 aliphatic rings. The van der Waals surface area contributed by atoms with Crippen LogP contribution in [0, 0.1) is 28.1 Å². The minimum Gasteiger partial charge on any atom is -0.392 e. The van der Waals surface area contributed by atoms with E-state index in [1.807, 2.05) is 7.05 Å². The molecule has 5 saturated carbocycles. The van der Waals surface area contributed by atoms with Crippen molar-refractivity contribution in [3.05, 3.63) is 0 Å². The highest BCUT2D eigenvalue weighted by Gasteiger charge is 2.78. The summed E-state index contributed by atoms with van der Waals surface area (Å²) in [5, 5.41) is 30.6. The summed E-state index contributed by atoms with van der Waals surface area (Å²) in [6.45, 7) is 4.39. The summed E-state index contributed by atoms with van der Waals surface area (Å²) in [5.74, 6) is 1.03. The highest BCUT2D eigenvalue weighted by atomic mass is 16.3. The molecule has 0 amide bonds. The lowest BCUT2D eigenvalue weighted by Gasteiger charge is -2.73. The van der Waals surface area contributed by atoms with Gasteiger partial charge in [0, 0.05) is 24.5 Å². The van der Waals surface area contributed by atoms with E-state index >= 15 is 0 Å². The Bertz CT molecular complexity index is 599. The van der Waals surface area contributed by atoms with E-state index in [-0.39, 0.29) is 22.3 Å². The molecular formula is C23H40N2O2. The van der Waals surface area contributed by atoms with Gasteiger partial charge >= 0.3 is 0 Å². The van der Waals surface area contributed by atoms with Crippen LogP contribution < -0.4 is 10.6 Å². The maximum absolute atomic E-state index is 11.8. The Morgan fingerprint density at radius 3 is 2.67 bits per heavy atom. The fourth-order valence-corrected chi connectivity index (χ4v) is 9.37. The summed E-state index contributed by atoms with van der Waals surface area (Å²) < 4.78 is 0. The van der Waals surface area contributed by atoms with E-state index in [1.165, 1.54) is 38.5 Å². The number of likely N-dealkylation sites (N-methyl/N-ethyl adjacent to an activating group) is 1. The molecule has 4 nitrogen and oxygen atoms in total. The van der Waals surface area contributed by atoms with Gasteiger partial charge in [0.15, 0.2) is 0 Å². The summed E-state index contributed by atoms with van der Waals surface area (Å²) in [5.41, 5.74) is -0.104. The maximum Gasteiger partial charge on any atom is 0.0687 e. The lowest BCUT2D eigenvalue weighted by molar-refractivity contribution is -0.293. The first-order valence-electron chi connectivity index (χ1n) is 11.7. The molecule has 0 aromatic carbocycles. The van der Waals surface area contributed by atoms with Crippen LogP contribution in [0.2, 0.25) is 0 Å². The zero-order valence-corrected chi connectivity index (χ0v) is 17.4. The third-order valence-electron chi connectivity index (χ3n) is 10.2. The van der Waals surface area contributed by atoms with E-state index < -0.39 is 5.60 Å². The molecule has 4 N–H and O–H groups in total. The smallest absolute Gasteiger partial charge is 0.0687 e. The minimum atomic E-state index is -0.519. The highest BCUT2D eigenvalue weighted by Crippen LogP contribution is 2.80. The van der Waals surface area contributed by atoms with Crippen molar-refractivity contribution in [1.29, 1.82) is 0 Å². The van der Waals surface area contributed by atoms with Crippen molar-refractivity contribution in [3.63, 3.8) is 0 Å². The Balaban J connectivity index is 1.49. The molecule has 0 radical (unpaired) electrons. The first kappa shape index (κ1) is 18.8. The fraction of sp³-hybridized carbons (Fsp3) is 1.00. The average molecular weight is 377 g/mol. The number of aliphatic hydroxyl groups is 2. The first-order chi connectivity index (χ1) is 12.9. The Labute approximate surface area is 164 Å². The van der Waals surface area contributed by atoms with Crippen LogP contribution in [-0.2, 0) is 0 Å². The second-order valence-corrected chi connectivity index (χ2v) is 11.3. The quantitative estimate of drug-likeness (QED) is 0.570. The highest BCUT2D eigenvalue weighted by molar-refractivity contribution is 5.27. The minimum absolute atomic E-state index is 0.00774. The largest absolute Gasteiger partial charge is 0.392 e. The molecule has 0 heterocycles. The second kappa shape index (κ2) is 6.17. The molecular weight excluding hydrogens is 336 g/mol. The molecule has 2 spiro atoms. The molecule has 0 aromatic rings.